The summed E-state index contributed by atoms with van der Waals surface area (Å²) in [5.41, 5.74) is -0.0444. The molecule has 2 rings (SSSR count). The molecule has 4 heteroatoms. The molecule has 0 radical (unpaired) electrons. The van der Waals surface area contributed by atoms with Gasteiger partial charge >= 0.3 is 0 Å². The standard InChI is InChI=1S/C8H8BrNOS/c9-6-4-10-7(12-6)3-8(5-11)1-2-8/h4-5H,1-3H2. The lowest BCUT2D eigenvalue weighted by molar-refractivity contribution is -0.112. The Labute approximate surface area is 83.1 Å². The smallest absolute Gasteiger partial charge is 0.126 e. The fourth-order valence-electron chi connectivity index (χ4n) is 1.17. The van der Waals surface area contributed by atoms with Gasteiger partial charge in [-0.25, -0.2) is 4.98 Å². The second-order valence-electron chi connectivity index (χ2n) is 3.22. The van der Waals surface area contributed by atoms with Crippen molar-refractivity contribution in [3.63, 3.8) is 0 Å². The number of carbonyl (C=O) groups is 1. The van der Waals surface area contributed by atoms with Crippen LogP contribution in [0.1, 0.15) is 17.8 Å². The monoisotopic (exact) mass is 245 g/mol. The van der Waals surface area contributed by atoms with Gasteiger partial charge in [0.05, 0.1) is 15.0 Å². The van der Waals surface area contributed by atoms with E-state index in [1.807, 2.05) is 0 Å². The van der Waals surface area contributed by atoms with E-state index in [2.05, 4.69) is 20.9 Å². The summed E-state index contributed by atoms with van der Waals surface area (Å²) in [5.74, 6) is 0. The van der Waals surface area contributed by atoms with E-state index >= 15 is 0 Å². The number of carbonyl (C=O) groups excluding carboxylic acids is 1. The summed E-state index contributed by atoms with van der Waals surface area (Å²) in [4.78, 5) is 14.9. The van der Waals surface area contributed by atoms with E-state index in [0.717, 1.165) is 34.3 Å². The van der Waals surface area contributed by atoms with Gasteiger partial charge in [0.15, 0.2) is 0 Å². The topological polar surface area (TPSA) is 30.0 Å². The highest BCUT2D eigenvalue weighted by Crippen LogP contribution is 2.46. The molecular weight excluding hydrogens is 238 g/mol. The maximum absolute atomic E-state index is 10.7. The van der Waals surface area contributed by atoms with Crippen LogP contribution in [0.5, 0.6) is 0 Å². The molecule has 64 valence electrons. The van der Waals surface area contributed by atoms with E-state index in [0.29, 0.717) is 0 Å². The number of nitrogens with zero attached hydrogens (tertiary/aromatic N) is 1. The van der Waals surface area contributed by atoms with E-state index in [-0.39, 0.29) is 5.41 Å². The minimum Gasteiger partial charge on any atom is -0.303 e. The van der Waals surface area contributed by atoms with Crippen LogP contribution in [0.4, 0.5) is 0 Å². The lowest BCUT2D eigenvalue weighted by Crippen LogP contribution is -2.05. The second kappa shape index (κ2) is 2.92. The predicted octanol–water partition coefficient (Wildman–Crippen LogP) is 2.43. The van der Waals surface area contributed by atoms with Gasteiger partial charge in [-0.3, -0.25) is 0 Å². The third-order valence-corrected chi connectivity index (χ3v) is 3.65. The molecule has 1 heterocycles. The number of aldehydes is 1. The van der Waals surface area contributed by atoms with Gasteiger partial charge in [-0.1, -0.05) is 0 Å². The van der Waals surface area contributed by atoms with Crippen LogP contribution >= 0.6 is 27.3 Å². The minimum absolute atomic E-state index is 0.0444. The van der Waals surface area contributed by atoms with Gasteiger partial charge in [-0.05, 0) is 28.8 Å². The zero-order valence-corrected chi connectivity index (χ0v) is 8.82. The van der Waals surface area contributed by atoms with Crippen molar-refractivity contribution in [1.29, 1.82) is 0 Å². The maximum atomic E-state index is 10.7. The molecule has 0 amide bonds. The van der Waals surface area contributed by atoms with Crippen LogP contribution in [0.15, 0.2) is 9.98 Å². The molecule has 1 aliphatic carbocycles. The molecule has 12 heavy (non-hydrogen) atoms. The predicted molar refractivity (Wildman–Crippen MR) is 51.2 cm³/mol. The van der Waals surface area contributed by atoms with Gasteiger partial charge in [0.25, 0.3) is 0 Å². The van der Waals surface area contributed by atoms with Crippen LogP contribution in [-0.2, 0) is 11.2 Å². The maximum Gasteiger partial charge on any atom is 0.126 e. The summed E-state index contributed by atoms with van der Waals surface area (Å²) in [5, 5.41) is 1.06. The fraction of sp³-hybridized carbons (Fsp3) is 0.500. The highest BCUT2D eigenvalue weighted by atomic mass is 79.9. The number of hydrogen-bond acceptors (Lipinski definition) is 3. The molecule has 0 bridgehead atoms. The molecule has 1 fully saturated rings. The van der Waals surface area contributed by atoms with Gasteiger partial charge < -0.3 is 4.79 Å². The Morgan fingerprint density at radius 1 is 1.75 bits per heavy atom. The molecule has 0 aliphatic heterocycles. The van der Waals surface area contributed by atoms with Crippen molar-refractivity contribution in [1.82, 2.24) is 4.98 Å². The lowest BCUT2D eigenvalue weighted by atomic mass is 10.1. The van der Waals surface area contributed by atoms with Crippen molar-refractivity contribution < 1.29 is 4.79 Å². The zero-order chi connectivity index (χ0) is 8.60. The Balaban J connectivity index is 2.08. The quantitative estimate of drug-likeness (QED) is 0.766. The normalized spacial score (nSPS) is 19.1. The molecule has 1 aliphatic rings. The number of halogens is 1. The van der Waals surface area contributed by atoms with Gasteiger partial charge in [-0.15, -0.1) is 11.3 Å². The first-order valence-electron chi connectivity index (χ1n) is 3.81. The second-order valence-corrected chi connectivity index (χ2v) is 5.71. The van der Waals surface area contributed by atoms with Crippen LogP contribution in [-0.4, -0.2) is 11.3 Å². The average molecular weight is 246 g/mol. The summed E-state index contributed by atoms with van der Waals surface area (Å²) in [6, 6.07) is 0. The molecule has 0 spiro atoms. The van der Waals surface area contributed by atoms with Crippen LogP contribution in [0.2, 0.25) is 0 Å². The van der Waals surface area contributed by atoms with Gasteiger partial charge in [0, 0.05) is 11.8 Å². The first-order valence-corrected chi connectivity index (χ1v) is 5.42. The van der Waals surface area contributed by atoms with Crippen molar-refractivity contribution in [2.24, 2.45) is 5.41 Å². The zero-order valence-electron chi connectivity index (χ0n) is 6.42. The van der Waals surface area contributed by atoms with Crippen LogP contribution in [0.25, 0.3) is 0 Å². The Morgan fingerprint density at radius 3 is 2.92 bits per heavy atom. The highest BCUT2D eigenvalue weighted by molar-refractivity contribution is 9.11. The van der Waals surface area contributed by atoms with Crippen LogP contribution in [0.3, 0.4) is 0 Å². The van der Waals surface area contributed by atoms with Gasteiger partial charge in [0.2, 0.25) is 0 Å². The largest absolute Gasteiger partial charge is 0.303 e. The Bertz CT molecular complexity index is 306. The van der Waals surface area contributed by atoms with Gasteiger partial charge in [-0.2, -0.15) is 0 Å². The van der Waals surface area contributed by atoms with E-state index in [1.54, 1.807) is 17.5 Å². The third-order valence-electron chi connectivity index (χ3n) is 2.17. The first kappa shape index (κ1) is 8.38. The Kier molecular flexibility index (Phi) is 2.04. The van der Waals surface area contributed by atoms with E-state index in [9.17, 15) is 4.79 Å². The van der Waals surface area contributed by atoms with Crippen LogP contribution < -0.4 is 0 Å². The lowest BCUT2D eigenvalue weighted by Gasteiger charge is -2.01. The SMILES string of the molecule is O=CC1(Cc2ncc(Br)s2)CC1. The van der Waals surface area contributed by atoms with Crippen molar-refractivity contribution in [3.05, 3.63) is 15.0 Å². The molecule has 0 atom stereocenters. The molecule has 0 N–H and O–H groups in total. The van der Waals surface area contributed by atoms with E-state index < -0.39 is 0 Å². The number of aromatic nitrogens is 1. The van der Waals surface area contributed by atoms with Crippen LogP contribution in [0, 0.1) is 5.41 Å². The molecule has 0 saturated heterocycles. The van der Waals surface area contributed by atoms with Crippen molar-refractivity contribution in [2.45, 2.75) is 19.3 Å². The number of hydrogen-bond donors (Lipinski definition) is 0. The summed E-state index contributed by atoms with van der Waals surface area (Å²) in [7, 11) is 0. The van der Waals surface area contributed by atoms with Crippen molar-refractivity contribution in [3.8, 4) is 0 Å². The molecule has 0 aromatic carbocycles. The summed E-state index contributed by atoms with van der Waals surface area (Å²) in [6.07, 6.45) is 5.78. The summed E-state index contributed by atoms with van der Waals surface area (Å²) >= 11 is 4.97. The van der Waals surface area contributed by atoms with Crippen molar-refractivity contribution >= 4 is 33.6 Å². The molecular formula is C8H8BrNOS. The first-order chi connectivity index (χ1) is 5.74. The van der Waals surface area contributed by atoms with E-state index in [1.165, 1.54) is 0 Å². The van der Waals surface area contributed by atoms with Crippen molar-refractivity contribution in [2.75, 3.05) is 0 Å². The Hall–Kier alpha value is -0.220. The third kappa shape index (κ3) is 1.59. The molecule has 1 aromatic rings. The molecule has 0 unspecified atom stereocenters. The Morgan fingerprint density at radius 2 is 2.50 bits per heavy atom. The summed E-state index contributed by atoms with van der Waals surface area (Å²) < 4.78 is 1.04. The molecule has 1 aromatic heterocycles. The fourth-order valence-corrected chi connectivity index (χ4v) is 2.63. The molecule has 2 nitrogen and oxygen atoms in total. The van der Waals surface area contributed by atoms with E-state index in [4.69, 9.17) is 0 Å². The van der Waals surface area contributed by atoms with Gasteiger partial charge in [0.1, 0.15) is 6.29 Å². The molecule has 1 saturated carbocycles. The number of thiazole rings is 1. The summed E-state index contributed by atoms with van der Waals surface area (Å²) in [6.45, 7) is 0. The highest BCUT2D eigenvalue weighted by Gasteiger charge is 2.43. The minimum atomic E-state index is -0.0444. The average Bonchev–Trinajstić information content (AvgIpc) is 2.71. The number of rotatable bonds is 3.